The number of nitrogens with one attached hydrogen (secondary N) is 1. The van der Waals surface area contributed by atoms with Gasteiger partial charge in [0, 0.05) is 17.1 Å². The Bertz CT molecular complexity index is 1260. The molecule has 8 heteroatoms. The van der Waals surface area contributed by atoms with E-state index in [1.807, 2.05) is 60.2 Å². The summed E-state index contributed by atoms with van der Waals surface area (Å²) in [7, 11) is 0. The molecular formula is C22H20N4O3S. The van der Waals surface area contributed by atoms with E-state index in [9.17, 15) is 4.79 Å². The molecule has 4 aromatic rings. The molecule has 1 aromatic carbocycles. The van der Waals surface area contributed by atoms with Crippen LogP contribution in [0.1, 0.15) is 17.0 Å². The lowest BCUT2D eigenvalue weighted by molar-refractivity contribution is -0.115. The summed E-state index contributed by atoms with van der Waals surface area (Å²) in [6.45, 7) is 5.04. The minimum atomic E-state index is -0.121. The van der Waals surface area contributed by atoms with Gasteiger partial charge in [0.25, 0.3) is 0 Å². The molecule has 1 amide bonds. The van der Waals surface area contributed by atoms with E-state index in [2.05, 4.69) is 15.3 Å². The number of fused-ring (bicyclic) bond motifs is 2. The average Bonchev–Trinajstić information content (AvgIpc) is 3.33. The van der Waals surface area contributed by atoms with Crippen LogP contribution in [0, 0.1) is 13.8 Å². The first-order valence-electron chi connectivity index (χ1n) is 9.67. The largest absolute Gasteiger partial charge is 0.486 e. The number of hydrogen-bond acceptors (Lipinski definition) is 6. The van der Waals surface area contributed by atoms with Crippen LogP contribution in [-0.4, -0.2) is 33.5 Å². The van der Waals surface area contributed by atoms with Crippen molar-refractivity contribution in [2.75, 3.05) is 18.5 Å². The molecule has 5 rings (SSSR count). The Kier molecular flexibility index (Phi) is 4.63. The van der Waals surface area contributed by atoms with Crippen molar-refractivity contribution in [1.29, 1.82) is 0 Å². The zero-order valence-electron chi connectivity index (χ0n) is 16.6. The molecule has 7 nitrogen and oxygen atoms in total. The molecule has 4 heterocycles. The van der Waals surface area contributed by atoms with E-state index in [0.717, 1.165) is 45.4 Å². The van der Waals surface area contributed by atoms with Gasteiger partial charge in [-0.1, -0.05) is 6.07 Å². The summed E-state index contributed by atoms with van der Waals surface area (Å²) in [5, 5.41) is 5.39. The second-order valence-electron chi connectivity index (χ2n) is 7.15. The van der Waals surface area contributed by atoms with Crippen molar-refractivity contribution in [1.82, 2.24) is 14.4 Å². The predicted octanol–water partition coefficient (Wildman–Crippen LogP) is 4.03. The number of aryl methyl sites for hydroxylation is 2. The van der Waals surface area contributed by atoms with E-state index in [-0.39, 0.29) is 12.3 Å². The standard InChI is InChI=1S/C22H20N4O3S/c1-13-4-3-7-26-17(14(2)23-21(13)26)11-20(27)25-22-24-16(12-30-22)15-5-6-18-19(10-15)29-9-8-28-18/h3-7,10,12H,8-9,11H2,1-2H3,(H,24,25,27). The normalized spacial score (nSPS) is 12.9. The van der Waals surface area contributed by atoms with Crippen LogP contribution in [0.3, 0.4) is 0 Å². The smallest absolute Gasteiger partial charge is 0.232 e. The lowest BCUT2D eigenvalue weighted by atomic mass is 10.1. The van der Waals surface area contributed by atoms with Gasteiger partial charge in [0.05, 0.1) is 23.5 Å². The molecular weight excluding hydrogens is 400 g/mol. The fraction of sp³-hybridized carbons (Fsp3) is 0.227. The fourth-order valence-electron chi connectivity index (χ4n) is 3.56. The first-order chi connectivity index (χ1) is 14.6. The minimum Gasteiger partial charge on any atom is -0.486 e. The summed E-state index contributed by atoms with van der Waals surface area (Å²) in [6, 6.07) is 9.72. The minimum absolute atomic E-state index is 0.121. The van der Waals surface area contributed by atoms with Gasteiger partial charge in [0.2, 0.25) is 5.91 Å². The second-order valence-corrected chi connectivity index (χ2v) is 8.01. The van der Waals surface area contributed by atoms with E-state index in [1.54, 1.807) is 0 Å². The summed E-state index contributed by atoms with van der Waals surface area (Å²) in [5.41, 5.74) is 5.41. The van der Waals surface area contributed by atoms with E-state index in [0.29, 0.717) is 18.3 Å². The number of aromatic nitrogens is 3. The number of thiazole rings is 1. The van der Waals surface area contributed by atoms with Crippen LogP contribution in [0.25, 0.3) is 16.9 Å². The van der Waals surface area contributed by atoms with Crippen molar-refractivity contribution in [2.45, 2.75) is 20.3 Å². The molecule has 0 unspecified atom stereocenters. The highest BCUT2D eigenvalue weighted by Crippen LogP contribution is 2.35. The Morgan fingerprint density at radius 2 is 2.00 bits per heavy atom. The highest BCUT2D eigenvalue weighted by molar-refractivity contribution is 7.14. The van der Waals surface area contributed by atoms with Gasteiger partial charge >= 0.3 is 0 Å². The highest BCUT2D eigenvalue weighted by atomic mass is 32.1. The number of rotatable bonds is 4. The van der Waals surface area contributed by atoms with E-state index >= 15 is 0 Å². The van der Waals surface area contributed by atoms with Crippen LogP contribution in [-0.2, 0) is 11.2 Å². The summed E-state index contributed by atoms with van der Waals surface area (Å²) in [6.07, 6.45) is 2.17. The summed E-state index contributed by atoms with van der Waals surface area (Å²) in [4.78, 5) is 21.8. The number of anilines is 1. The zero-order valence-corrected chi connectivity index (χ0v) is 17.5. The van der Waals surface area contributed by atoms with Gasteiger partial charge in [-0.3, -0.25) is 4.79 Å². The van der Waals surface area contributed by atoms with Gasteiger partial charge in [-0.25, -0.2) is 9.97 Å². The number of carbonyl (C=O) groups excluding carboxylic acids is 1. The van der Waals surface area contributed by atoms with Gasteiger partial charge in [0.1, 0.15) is 18.9 Å². The molecule has 30 heavy (non-hydrogen) atoms. The Balaban J connectivity index is 1.33. The van der Waals surface area contributed by atoms with Crippen molar-refractivity contribution in [3.05, 3.63) is 58.9 Å². The van der Waals surface area contributed by atoms with Gasteiger partial charge in [-0.15, -0.1) is 11.3 Å². The second kappa shape index (κ2) is 7.46. The predicted molar refractivity (Wildman–Crippen MR) is 116 cm³/mol. The molecule has 152 valence electrons. The topological polar surface area (TPSA) is 77.8 Å². The Labute approximate surface area is 177 Å². The number of hydrogen-bond donors (Lipinski definition) is 1. The Hall–Kier alpha value is -3.39. The van der Waals surface area contributed by atoms with Crippen LogP contribution in [0.15, 0.2) is 41.9 Å². The van der Waals surface area contributed by atoms with Gasteiger partial charge in [-0.05, 0) is 43.7 Å². The fourth-order valence-corrected chi connectivity index (χ4v) is 4.30. The maximum atomic E-state index is 12.7. The lowest BCUT2D eigenvalue weighted by Gasteiger charge is -2.18. The molecule has 0 saturated carbocycles. The first-order valence-corrected chi connectivity index (χ1v) is 10.5. The number of amides is 1. The molecule has 1 N–H and O–H groups in total. The van der Waals surface area contributed by atoms with Crippen molar-refractivity contribution < 1.29 is 14.3 Å². The van der Waals surface area contributed by atoms with E-state index in [1.165, 1.54) is 11.3 Å². The number of carbonyl (C=O) groups is 1. The van der Waals surface area contributed by atoms with Crippen molar-refractivity contribution in [3.8, 4) is 22.8 Å². The quantitative estimate of drug-likeness (QED) is 0.539. The van der Waals surface area contributed by atoms with Gasteiger partial charge in [0.15, 0.2) is 16.6 Å². The lowest BCUT2D eigenvalue weighted by Crippen LogP contribution is -2.16. The summed E-state index contributed by atoms with van der Waals surface area (Å²) < 4.78 is 13.2. The molecule has 0 bridgehead atoms. The van der Waals surface area contributed by atoms with Crippen LogP contribution >= 0.6 is 11.3 Å². The molecule has 0 saturated heterocycles. The molecule has 0 radical (unpaired) electrons. The number of pyridine rings is 1. The van der Waals surface area contributed by atoms with Crippen molar-refractivity contribution in [3.63, 3.8) is 0 Å². The molecule has 3 aromatic heterocycles. The highest BCUT2D eigenvalue weighted by Gasteiger charge is 2.17. The van der Waals surface area contributed by atoms with Crippen LogP contribution in [0.5, 0.6) is 11.5 Å². The number of imidazole rings is 1. The maximum Gasteiger partial charge on any atom is 0.232 e. The number of ether oxygens (including phenoxy) is 2. The molecule has 0 atom stereocenters. The molecule has 0 aliphatic carbocycles. The zero-order chi connectivity index (χ0) is 20.7. The number of benzene rings is 1. The van der Waals surface area contributed by atoms with Crippen molar-refractivity contribution >= 4 is 28.0 Å². The third kappa shape index (κ3) is 3.39. The third-order valence-electron chi connectivity index (χ3n) is 5.06. The van der Waals surface area contributed by atoms with Gasteiger partial charge < -0.3 is 19.2 Å². The monoisotopic (exact) mass is 420 g/mol. The average molecular weight is 420 g/mol. The summed E-state index contributed by atoms with van der Waals surface area (Å²) in [5.74, 6) is 1.34. The molecule has 1 aliphatic heterocycles. The van der Waals surface area contributed by atoms with E-state index < -0.39 is 0 Å². The SMILES string of the molecule is Cc1nc2c(C)cccn2c1CC(=O)Nc1nc(-c2ccc3c(c2)OCCO3)cs1. The van der Waals surface area contributed by atoms with Gasteiger partial charge in [-0.2, -0.15) is 0 Å². The molecule has 0 spiro atoms. The first kappa shape index (κ1) is 18.6. The van der Waals surface area contributed by atoms with E-state index in [4.69, 9.17) is 9.47 Å². The maximum absolute atomic E-state index is 12.7. The molecule has 1 aliphatic rings. The van der Waals surface area contributed by atoms with Crippen LogP contribution in [0.4, 0.5) is 5.13 Å². The summed E-state index contributed by atoms with van der Waals surface area (Å²) >= 11 is 1.40. The Morgan fingerprint density at radius 1 is 1.17 bits per heavy atom. The third-order valence-corrected chi connectivity index (χ3v) is 5.82. The van der Waals surface area contributed by atoms with Crippen LogP contribution in [0.2, 0.25) is 0 Å². The van der Waals surface area contributed by atoms with Crippen LogP contribution < -0.4 is 14.8 Å². The van der Waals surface area contributed by atoms with Crippen molar-refractivity contribution in [2.24, 2.45) is 0 Å². The molecule has 0 fully saturated rings. The number of nitrogens with zero attached hydrogens (tertiary/aromatic N) is 3. The Morgan fingerprint density at radius 3 is 2.87 bits per heavy atom.